The predicted octanol–water partition coefficient (Wildman–Crippen LogP) is -3.24. The molecule has 4 heterocycles. The highest BCUT2D eigenvalue weighted by molar-refractivity contribution is 4.97. The van der Waals surface area contributed by atoms with Crippen LogP contribution < -0.4 is 0 Å². The molecular formula is C45H80O22. The van der Waals surface area contributed by atoms with Crippen LogP contribution in [0.5, 0.6) is 0 Å². The van der Waals surface area contributed by atoms with Crippen LogP contribution in [0.15, 0.2) is 0 Å². The van der Waals surface area contributed by atoms with E-state index >= 15 is 0 Å². The van der Waals surface area contributed by atoms with Crippen LogP contribution >= 0.6 is 0 Å². The Morgan fingerprint density at radius 3 is 1.04 bits per heavy atom. The van der Waals surface area contributed by atoms with E-state index in [-0.39, 0.29) is 13.2 Å². The normalized spacial score (nSPS) is 43.1. The number of rotatable bonds is 22. The van der Waals surface area contributed by atoms with Gasteiger partial charge in [-0.2, -0.15) is 0 Å². The molecule has 0 aromatic rings. The van der Waals surface area contributed by atoms with Gasteiger partial charge in [-0.05, 0) is 24.7 Å². The fourth-order valence-electron chi connectivity index (χ4n) is 10.8. The SMILES string of the molecule is OCC1O[C@@H](OCC(CCCC2CCCCC2)(CCCC2CCCCC2)CO[C@@H]2OC(CO)[C@@H](O[C@H]3OC(CO)[C@@H](O)[C@H](O)C3O)C(O)[C@@H]2O)[C@@H](O)C(O)[C@@H]1O[C@H]1OC(CO)[C@@H](O)[C@H](O)C1O. The molecule has 392 valence electrons. The van der Waals surface area contributed by atoms with Crippen LogP contribution in [0.25, 0.3) is 0 Å². The van der Waals surface area contributed by atoms with Crippen molar-refractivity contribution in [3.05, 3.63) is 0 Å². The molecule has 6 aliphatic rings. The average Bonchev–Trinajstić information content (AvgIpc) is 3.34. The Morgan fingerprint density at radius 2 is 0.701 bits per heavy atom. The van der Waals surface area contributed by atoms with Gasteiger partial charge in [-0.3, -0.25) is 0 Å². The first-order chi connectivity index (χ1) is 32.1. The molecule has 4 saturated heterocycles. The van der Waals surface area contributed by atoms with Crippen molar-refractivity contribution < 1.29 is 109 Å². The summed E-state index contributed by atoms with van der Waals surface area (Å²) in [4.78, 5) is 0. The first-order valence-corrected chi connectivity index (χ1v) is 24.6. The summed E-state index contributed by atoms with van der Waals surface area (Å²) in [5.74, 6) is 1.06. The zero-order valence-corrected chi connectivity index (χ0v) is 38.3. The lowest BCUT2D eigenvalue weighted by Gasteiger charge is -2.47. The Kier molecular flexibility index (Phi) is 21.7. The summed E-state index contributed by atoms with van der Waals surface area (Å²) in [5, 5.41) is 148. The van der Waals surface area contributed by atoms with Crippen molar-refractivity contribution >= 4 is 0 Å². The third kappa shape index (κ3) is 13.8. The topological polar surface area (TPSA) is 357 Å². The molecule has 0 aromatic heterocycles. The largest absolute Gasteiger partial charge is 0.394 e. The highest BCUT2D eigenvalue weighted by Gasteiger charge is 2.53. The molecule has 6 fully saturated rings. The summed E-state index contributed by atoms with van der Waals surface area (Å²) in [6, 6.07) is 0. The zero-order valence-electron chi connectivity index (χ0n) is 38.3. The van der Waals surface area contributed by atoms with Gasteiger partial charge in [-0.1, -0.05) is 89.9 Å². The number of aliphatic hydroxyl groups excluding tert-OH is 14. The summed E-state index contributed by atoms with van der Waals surface area (Å²) < 4.78 is 47.2. The van der Waals surface area contributed by atoms with Crippen LogP contribution in [0.4, 0.5) is 0 Å². The van der Waals surface area contributed by atoms with Gasteiger partial charge in [0.05, 0.1) is 39.6 Å². The van der Waals surface area contributed by atoms with Gasteiger partial charge in [0.25, 0.3) is 0 Å². The van der Waals surface area contributed by atoms with E-state index in [1.165, 1.54) is 12.8 Å². The molecular weight excluding hydrogens is 892 g/mol. The standard InChI is InChI=1S/C45H80O22/c46-17-25-29(50)31(52)35(56)43(62-25)66-39-27(19-48)64-41(37(58)33(39)54)60-21-45(15-7-13-23-9-3-1-4-10-23,16-8-14-24-11-5-2-6-12-24)22-61-42-38(59)34(55)40(28(20-49)65-42)67-44-36(57)32(53)30(51)26(18-47)63-44/h23-44,46-59H,1-22H2/t25?,26?,27?,28?,29-,30-,31+,32+,33?,34?,35?,36?,37+,38+,39-,40-,41-,42-,43-,44-/m1/s1. The molecule has 20 atom stereocenters. The van der Waals surface area contributed by atoms with Crippen LogP contribution in [0.3, 0.4) is 0 Å². The highest BCUT2D eigenvalue weighted by Crippen LogP contribution is 2.40. The van der Waals surface area contributed by atoms with Crippen LogP contribution in [-0.2, 0) is 37.9 Å². The van der Waals surface area contributed by atoms with E-state index in [0.29, 0.717) is 24.7 Å². The fraction of sp³-hybridized carbons (Fsp3) is 1.00. The van der Waals surface area contributed by atoms with Gasteiger partial charge in [0.1, 0.15) is 97.7 Å². The van der Waals surface area contributed by atoms with E-state index in [0.717, 1.165) is 77.0 Å². The maximum absolute atomic E-state index is 11.5. The van der Waals surface area contributed by atoms with E-state index in [1.807, 2.05) is 0 Å². The molecule has 8 unspecified atom stereocenters. The second kappa shape index (κ2) is 26.2. The van der Waals surface area contributed by atoms with Gasteiger partial charge in [0, 0.05) is 5.41 Å². The lowest BCUT2D eigenvalue weighted by atomic mass is 9.76. The Hall–Kier alpha value is -0.880. The van der Waals surface area contributed by atoms with Crippen molar-refractivity contribution in [3.63, 3.8) is 0 Å². The minimum atomic E-state index is -1.83. The number of hydrogen-bond donors (Lipinski definition) is 14. The monoisotopic (exact) mass is 973 g/mol. The van der Waals surface area contributed by atoms with E-state index < -0.39 is 155 Å². The molecule has 0 amide bonds. The minimum absolute atomic E-state index is 0.120. The Labute approximate surface area is 391 Å². The van der Waals surface area contributed by atoms with Crippen molar-refractivity contribution in [1.29, 1.82) is 0 Å². The molecule has 0 aromatic carbocycles. The summed E-state index contributed by atoms with van der Waals surface area (Å²) in [7, 11) is 0. The van der Waals surface area contributed by atoms with Gasteiger partial charge in [0.2, 0.25) is 0 Å². The molecule has 2 aliphatic carbocycles. The second-order valence-corrected chi connectivity index (χ2v) is 19.9. The molecule has 0 radical (unpaired) electrons. The third-order valence-corrected chi connectivity index (χ3v) is 15.1. The van der Waals surface area contributed by atoms with E-state index in [2.05, 4.69) is 0 Å². The Bertz CT molecular complexity index is 1300. The van der Waals surface area contributed by atoms with Crippen molar-refractivity contribution in [3.8, 4) is 0 Å². The zero-order chi connectivity index (χ0) is 48.4. The molecule has 4 aliphatic heterocycles. The number of ether oxygens (including phenoxy) is 8. The van der Waals surface area contributed by atoms with Crippen LogP contribution in [-0.4, -0.2) is 234 Å². The summed E-state index contributed by atoms with van der Waals surface area (Å²) in [6.45, 7) is -3.23. The fourth-order valence-corrected chi connectivity index (χ4v) is 10.8. The maximum Gasteiger partial charge on any atom is 0.187 e. The lowest BCUT2D eigenvalue weighted by Crippen LogP contribution is -2.65. The molecule has 14 N–H and O–H groups in total. The first kappa shape index (κ1) is 55.4. The second-order valence-electron chi connectivity index (χ2n) is 19.9. The van der Waals surface area contributed by atoms with Crippen LogP contribution in [0.1, 0.15) is 103 Å². The molecule has 22 nitrogen and oxygen atoms in total. The highest BCUT2D eigenvalue weighted by atomic mass is 16.8. The molecule has 22 heteroatoms. The molecule has 6 rings (SSSR count). The van der Waals surface area contributed by atoms with Crippen molar-refractivity contribution in [2.75, 3.05) is 39.6 Å². The van der Waals surface area contributed by atoms with E-state index in [1.54, 1.807) is 0 Å². The van der Waals surface area contributed by atoms with Crippen LogP contribution in [0, 0.1) is 17.3 Å². The summed E-state index contributed by atoms with van der Waals surface area (Å²) in [6.07, 6.45) is -16.7. The van der Waals surface area contributed by atoms with Gasteiger partial charge >= 0.3 is 0 Å². The molecule has 0 spiro atoms. The quantitative estimate of drug-likeness (QED) is 0.0507. The molecule has 67 heavy (non-hydrogen) atoms. The first-order valence-electron chi connectivity index (χ1n) is 24.6. The number of aliphatic hydroxyl groups is 14. The molecule has 0 bridgehead atoms. The van der Waals surface area contributed by atoms with Gasteiger partial charge in [-0.25, -0.2) is 0 Å². The van der Waals surface area contributed by atoms with Gasteiger partial charge in [0.15, 0.2) is 25.2 Å². The average molecular weight is 973 g/mol. The van der Waals surface area contributed by atoms with Gasteiger partial charge in [-0.15, -0.1) is 0 Å². The smallest absolute Gasteiger partial charge is 0.187 e. The van der Waals surface area contributed by atoms with Crippen molar-refractivity contribution in [2.45, 2.75) is 226 Å². The van der Waals surface area contributed by atoms with Crippen molar-refractivity contribution in [1.82, 2.24) is 0 Å². The number of hydrogen-bond acceptors (Lipinski definition) is 22. The van der Waals surface area contributed by atoms with Crippen LogP contribution in [0.2, 0.25) is 0 Å². The summed E-state index contributed by atoms with van der Waals surface area (Å²) >= 11 is 0. The summed E-state index contributed by atoms with van der Waals surface area (Å²) in [5.41, 5.74) is -0.859. The third-order valence-electron chi connectivity index (χ3n) is 15.1. The lowest BCUT2D eigenvalue weighted by molar-refractivity contribution is -0.365. The van der Waals surface area contributed by atoms with E-state index in [9.17, 15) is 71.5 Å². The van der Waals surface area contributed by atoms with E-state index in [4.69, 9.17) is 37.9 Å². The Balaban J connectivity index is 1.19. The minimum Gasteiger partial charge on any atom is -0.394 e. The maximum atomic E-state index is 11.5. The molecule has 2 saturated carbocycles. The Morgan fingerprint density at radius 1 is 0.373 bits per heavy atom. The predicted molar refractivity (Wildman–Crippen MR) is 228 cm³/mol. The van der Waals surface area contributed by atoms with Crippen molar-refractivity contribution in [2.24, 2.45) is 17.3 Å². The van der Waals surface area contributed by atoms with Gasteiger partial charge < -0.3 is 109 Å².